The second-order valence-corrected chi connectivity index (χ2v) is 5.84. The van der Waals surface area contributed by atoms with Crippen LogP contribution in [0.2, 0.25) is 0 Å². The first kappa shape index (κ1) is 19.4. The van der Waals surface area contributed by atoms with Crippen molar-refractivity contribution in [2.75, 3.05) is 17.3 Å². The SMILES string of the molecule is Cc1nnc(CCN(N)c2nc(-c3ccc(OC(F)(F)F)cc3)ccc2N)o1. The van der Waals surface area contributed by atoms with Gasteiger partial charge >= 0.3 is 6.36 Å². The first-order valence-corrected chi connectivity index (χ1v) is 8.15. The molecule has 3 rings (SSSR count). The molecule has 0 aliphatic heterocycles. The van der Waals surface area contributed by atoms with Gasteiger partial charge in [0.1, 0.15) is 5.75 Å². The van der Waals surface area contributed by atoms with Gasteiger partial charge in [-0.05, 0) is 36.4 Å². The summed E-state index contributed by atoms with van der Waals surface area (Å²) in [4.78, 5) is 4.41. The molecule has 0 radical (unpaired) electrons. The summed E-state index contributed by atoms with van der Waals surface area (Å²) in [6, 6.07) is 8.61. The molecule has 0 saturated carbocycles. The number of aromatic nitrogens is 3. The highest BCUT2D eigenvalue weighted by Gasteiger charge is 2.31. The van der Waals surface area contributed by atoms with Gasteiger partial charge in [-0.15, -0.1) is 23.4 Å². The number of alkyl halides is 3. The summed E-state index contributed by atoms with van der Waals surface area (Å²) in [6.45, 7) is 2.01. The highest BCUT2D eigenvalue weighted by Crippen LogP contribution is 2.28. The number of aryl methyl sites for hydroxylation is 1. The van der Waals surface area contributed by atoms with E-state index < -0.39 is 6.36 Å². The van der Waals surface area contributed by atoms with Crippen LogP contribution in [-0.4, -0.2) is 28.1 Å². The predicted molar refractivity (Wildman–Crippen MR) is 95.0 cm³/mol. The van der Waals surface area contributed by atoms with Crippen molar-refractivity contribution in [1.29, 1.82) is 0 Å². The third-order valence-electron chi connectivity index (χ3n) is 3.70. The lowest BCUT2D eigenvalue weighted by Gasteiger charge is -2.19. The topological polar surface area (TPSA) is 116 Å². The average molecular weight is 394 g/mol. The molecule has 0 unspecified atom stereocenters. The molecule has 0 amide bonds. The van der Waals surface area contributed by atoms with Crippen LogP contribution in [0, 0.1) is 6.92 Å². The molecule has 0 aliphatic carbocycles. The molecule has 1 aromatic carbocycles. The fraction of sp³-hybridized carbons (Fsp3) is 0.235. The van der Waals surface area contributed by atoms with Crippen LogP contribution in [0.25, 0.3) is 11.3 Å². The minimum Gasteiger partial charge on any atom is -0.426 e. The van der Waals surface area contributed by atoms with E-state index in [9.17, 15) is 13.2 Å². The van der Waals surface area contributed by atoms with Gasteiger partial charge in [0.05, 0.1) is 11.4 Å². The van der Waals surface area contributed by atoms with Crippen LogP contribution in [0.3, 0.4) is 0 Å². The Kier molecular flexibility index (Phi) is 5.36. The lowest BCUT2D eigenvalue weighted by molar-refractivity contribution is -0.274. The molecular weight excluding hydrogens is 377 g/mol. The number of nitrogens with zero attached hydrogens (tertiary/aromatic N) is 4. The molecular formula is C17H17F3N6O2. The predicted octanol–water partition coefficient (Wildman–Crippen LogP) is 2.84. The van der Waals surface area contributed by atoms with E-state index in [0.29, 0.717) is 47.5 Å². The standard InChI is InChI=1S/C17H17F3N6O2/c1-10-24-25-15(27-10)8-9-26(22)16-13(21)6-7-14(23-16)11-2-4-12(5-3-11)28-17(18,19)20/h2-7H,8-9,21-22H2,1H3. The first-order chi connectivity index (χ1) is 13.2. The summed E-state index contributed by atoms with van der Waals surface area (Å²) in [5.74, 6) is 6.94. The molecule has 11 heteroatoms. The van der Waals surface area contributed by atoms with Crippen LogP contribution in [0.15, 0.2) is 40.8 Å². The fourth-order valence-corrected chi connectivity index (χ4v) is 2.44. The summed E-state index contributed by atoms with van der Waals surface area (Å²) < 4.78 is 45.9. The molecule has 2 aromatic heterocycles. The van der Waals surface area contributed by atoms with Crippen LogP contribution < -0.4 is 21.3 Å². The van der Waals surface area contributed by atoms with Crippen molar-refractivity contribution in [3.8, 4) is 17.0 Å². The number of hydrazine groups is 1. The molecule has 148 valence electrons. The Bertz CT molecular complexity index is 943. The van der Waals surface area contributed by atoms with Crippen LogP contribution in [0.1, 0.15) is 11.8 Å². The minimum atomic E-state index is -4.74. The van der Waals surface area contributed by atoms with E-state index in [-0.39, 0.29) is 5.75 Å². The Morgan fingerprint density at radius 2 is 1.82 bits per heavy atom. The second-order valence-electron chi connectivity index (χ2n) is 5.84. The number of nitrogens with two attached hydrogens (primary N) is 2. The molecule has 0 spiro atoms. The highest BCUT2D eigenvalue weighted by molar-refractivity contribution is 5.69. The lowest BCUT2D eigenvalue weighted by Crippen LogP contribution is -2.34. The van der Waals surface area contributed by atoms with Gasteiger partial charge in [-0.3, -0.25) is 5.01 Å². The fourth-order valence-electron chi connectivity index (χ4n) is 2.44. The molecule has 0 aliphatic rings. The minimum absolute atomic E-state index is 0.317. The Labute approximate surface area is 157 Å². The summed E-state index contributed by atoms with van der Waals surface area (Å²) >= 11 is 0. The molecule has 4 N–H and O–H groups in total. The zero-order valence-corrected chi connectivity index (χ0v) is 14.8. The van der Waals surface area contributed by atoms with Crippen molar-refractivity contribution >= 4 is 11.5 Å². The number of pyridine rings is 1. The smallest absolute Gasteiger partial charge is 0.426 e. The van der Waals surface area contributed by atoms with Gasteiger partial charge in [0, 0.05) is 25.5 Å². The van der Waals surface area contributed by atoms with Crippen molar-refractivity contribution in [3.05, 3.63) is 48.2 Å². The number of ether oxygens (including phenoxy) is 1. The maximum atomic E-state index is 12.3. The zero-order chi connectivity index (χ0) is 20.3. The molecule has 0 fully saturated rings. The van der Waals surface area contributed by atoms with Crippen LogP contribution in [0.5, 0.6) is 5.75 Å². The van der Waals surface area contributed by atoms with E-state index >= 15 is 0 Å². The normalized spacial score (nSPS) is 11.5. The molecule has 8 nitrogen and oxygen atoms in total. The number of anilines is 2. The number of hydrogen-bond acceptors (Lipinski definition) is 8. The van der Waals surface area contributed by atoms with Gasteiger partial charge in [0.2, 0.25) is 11.8 Å². The van der Waals surface area contributed by atoms with Gasteiger partial charge < -0.3 is 14.9 Å². The molecule has 28 heavy (non-hydrogen) atoms. The Morgan fingerprint density at radius 3 is 2.43 bits per heavy atom. The van der Waals surface area contributed by atoms with Crippen molar-refractivity contribution < 1.29 is 22.3 Å². The van der Waals surface area contributed by atoms with Crippen molar-refractivity contribution in [2.45, 2.75) is 19.7 Å². The third-order valence-corrected chi connectivity index (χ3v) is 3.70. The highest BCUT2D eigenvalue weighted by atomic mass is 19.4. The van der Waals surface area contributed by atoms with Gasteiger partial charge in [0.15, 0.2) is 5.82 Å². The van der Waals surface area contributed by atoms with Crippen LogP contribution in [0.4, 0.5) is 24.7 Å². The maximum Gasteiger partial charge on any atom is 0.573 e. The average Bonchev–Trinajstić information content (AvgIpc) is 3.05. The molecule has 2 heterocycles. The number of halogens is 3. The van der Waals surface area contributed by atoms with Gasteiger partial charge in [-0.1, -0.05) is 0 Å². The molecule has 3 aromatic rings. The van der Waals surface area contributed by atoms with E-state index in [1.54, 1.807) is 19.1 Å². The lowest BCUT2D eigenvalue weighted by atomic mass is 10.1. The number of hydrogen-bond donors (Lipinski definition) is 2. The Balaban J connectivity index is 1.75. The first-order valence-electron chi connectivity index (χ1n) is 8.15. The summed E-state index contributed by atoms with van der Waals surface area (Å²) in [7, 11) is 0. The third kappa shape index (κ3) is 4.88. The monoisotopic (exact) mass is 394 g/mol. The van der Waals surface area contributed by atoms with Crippen LogP contribution >= 0.6 is 0 Å². The van der Waals surface area contributed by atoms with E-state index in [0.717, 1.165) is 0 Å². The molecule has 0 saturated heterocycles. The van der Waals surface area contributed by atoms with E-state index in [4.69, 9.17) is 16.0 Å². The van der Waals surface area contributed by atoms with Crippen molar-refractivity contribution in [2.24, 2.45) is 5.84 Å². The summed E-state index contributed by atoms with van der Waals surface area (Å²) in [6.07, 6.45) is -4.35. The van der Waals surface area contributed by atoms with E-state index in [1.807, 2.05) is 0 Å². The van der Waals surface area contributed by atoms with Gasteiger partial charge in [0.25, 0.3) is 0 Å². The second kappa shape index (κ2) is 7.72. The van der Waals surface area contributed by atoms with Gasteiger partial charge in [-0.2, -0.15) is 0 Å². The van der Waals surface area contributed by atoms with E-state index in [1.165, 1.54) is 29.3 Å². The summed E-state index contributed by atoms with van der Waals surface area (Å²) in [5, 5.41) is 8.98. The number of nitrogen functional groups attached to an aromatic ring is 1. The van der Waals surface area contributed by atoms with Crippen molar-refractivity contribution in [1.82, 2.24) is 15.2 Å². The molecule has 0 atom stereocenters. The van der Waals surface area contributed by atoms with Crippen LogP contribution in [-0.2, 0) is 6.42 Å². The van der Waals surface area contributed by atoms with Crippen molar-refractivity contribution in [3.63, 3.8) is 0 Å². The quantitative estimate of drug-likeness (QED) is 0.484. The molecule has 0 bridgehead atoms. The Morgan fingerprint density at radius 1 is 1.11 bits per heavy atom. The maximum absolute atomic E-state index is 12.3. The van der Waals surface area contributed by atoms with E-state index in [2.05, 4.69) is 19.9 Å². The number of rotatable bonds is 6. The Hall–Kier alpha value is -3.34. The number of benzene rings is 1. The van der Waals surface area contributed by atoms with Gasteiger partial charge in [-0.25, -0.2) is 10.8 Å². The summed E-state index contributed by atoms with van der Waals surface area (Å²) in [5.41, 5.74) is 7.38. The zero-order valence-electron chi connectivity index (χ0n) is 14.8. The largest absolute Gasteiger partial charge is 0.573 e.